The van der Waals surface area contributed by atoms with E-state index in [0.717, 1.165) is 0 Å². The normalized spacial score (nSPS) is 17.7. The second-order valence-electron chi connectivity index (χ2n) is 5.60. The predicted octanol–water partition coefficient (Wildman–Crippen LogP) is 1.08. The molecule has 1 atom stereocenters. The highest BCUT2D eigenvalue weighted by Gasteiger charge is 2.41. The molecule has 0 unspecified atom stereocenters. The summed E-state index contributed by atoms with van der Waals surface area (Å²) in [5, 5.41) is 21.8. The molecule has 24 heavy (non-hydrogen) atoms. The molecule has 0 saturated heterocycles. The molecule has 1 amide bonds. The Hall–Kier alpha value is -2.25. The van der Waals surface area contributed by atoms with Crippen molar-refractivity contribution < 1.29 is 24.2 Å². The summed E-state index contributed by atoms with van der Waals surface area (Å²) in [5.74, 6) is -1.95. The fraction of sp³-hybridized carbons (Fsp3) is 0.412. The largest absolute Gasteiger partial charge is 0.503 e. The molecule has 2 rings (SSSR count). The quantitative estimate of drug-likeness (QED) is 0.618. The van der Waals surface area contributed by atoms with E-state index in [1.165, 1.54) is 36.1 Å². The van der Waals surface area contributed by atoms with Crippen molar-refractivity contribution in [2.45, 2.75) is 19.4 Å². The lowest BCUT2D eigenvalue weighted by Crippen LogP contribution is -2.33. The maximum absolute atomic E-state index is 13.2. The zero-order valence-corrected chi connectivity index (χ0v) is 13.5. The van der Waals surface area contributed by atoms with E-state index in [9.17, 15) is 19.1 Å². The third-order valence-electron chi connectivity index (χ3n) is 3.91. The number of rotatable bonds is 8. The van der Waals surface area contributed by atoms with Crippen LogP contribution in [-0.2, 0) is 9.59 Å². The van der Waals surface area contributed by atoms with Gasteiger partial charge in [-0.05, 0) is 37.6 Å². The van der Waals surface area contributed by atoms with E-state index < -0.39 is 29.3 Å². The van der Waals surface area contributed by atoms with E-state index >= 15 is 0 Å². The van der Waals surface area contributed by atoms with Crippen molar-refractivity contribution in [3.05, 3.63) is 47.0 Å². The van der Waals surface area contributed by atoms with Gasteiger partial charge in [0.05, 0.1) is 18.2 Å². The van der Waals surface area contributed by atoms with Crippen LogP contribution in [0.4, 0.5) is 4.39 Å². The van der Waals surface area contributed by atoms with E-state index in [2.05, 4.69) is 5.32 Å². The van der Waals surface area contributed by atoms with Crippen molar-refractivity contribution in [1.29, 1.82) is 0 Å². The Morgan fingerprint density at radius 3 is 2.54 bits per heavy atom. The molecule has 7 heteroatoms. The predicted molar refractivity (Wildman–Crippen MR) is 85.8 cm³/mol. The molecule has 0 saturated carbocycles. The zero-order chi connectivity index (χ0) is 17.7. The molecule has 6 nitrogen and oxygen atoms in total. The number of carbonyl (C=O) groups excluding carboxylic acids is 2. The minimum Gasteiger partial charge on any atom is -0.503 e. The number of carbonyl (C=O) groups is 2. The number of hydrogen-bond acceptors (Lipinski definition) is 5. The molecule has 1 aliphatic rings. The summed E-state index contributed by atoms with van der Waals surface area (Å²) < 4.78 is 13.2. The highest BCUT2D eigenvalue weighted by atomic mass is 19.1. The summed E-state index contributed by atoms with van der Waals surface area (Å²) in [7, 11) is 0. The van der Waals surface area contributed by atoms with E-state index in [4.69, 9.17) is 5.11 Å². The number of hydrogen-bond donors (Lipinski definition) is 3. The summed E-state index contributed by atoms with van der Waals surface area (Å²) in [6, 6.07) is 4.81. The Labute approximate surface area is 139 Å². The van der Waals surface area contributed by atoms with Crippen LogP contribution >= 0.6 is 0 Å². The lowest BCUT2D eigenvalue weighted by atomic mass is 9.96. The Bertz CT molecular complexity index is 642. The second kappa shape index (κ2) is 8.03. The van der Waals surface area contributed by atoms with Crippen LogP contribution in [0.1, 0.15) is 24.9 Å². The molecular weight excluding hydrogens is 315 g/mol. The first-order valence-electron chi connectivity index (χ1n) is 7.79. The first kappa shape index (κ1) is 18.1. The standard InChI is InChI=1S/C17H21FN2O4/c1-11(22)14-15(12-3-5-13(18)6-4-12)20(17(24)16(14)23)9-2-7-19-8-10-21/h3-6,15,19,21,23H,2,7-10H2,1H3/t15-/m1/s1. The van der Waals surface area contributed by atoms with Crippen LogP contribution in [-0.4, -0.2) is 53.0 Å². The highest BCUT2D eigenvalue weighted by molar-refractivity contribution is 6.08. The van der Waals surface area contributed by atoms with Gasteiger partial charge in [-0.15, -0.1) is 0 Å². The summed E-state index contributed by atoms with van der Waals surface area (Å²) in [6.07, 6.45) is 0.585. The summed E-state index contributed by atoms with van der Waals surface area (Å²) >= 11 is 0. The molecule has 130 valence electrons. The highest BCUT2D eigenvalue weighted by Crippen LogP contribution is 2.37. The molecule has 3 N–H and O–H groups in total. The Morgan fingerprint density at radius 2 is 1.96 bits per heavy atom. The number of nitrogens with zero attached hydrogens (tertiary/aromatic N) is 1. The van der Waals surface area contributed by atoms with E-state index in [-0.39, 0.29) is 12.2 Å². The zero-order valence-electron chi connectivity index (χ0n) is 13.5. The van der Waals surface area contributed by atoms with Gasteiger partial charge in [-0.2, -0.15) is 0 Å². The summed E-state index contributed by atoms with van der Waals surface area (Å²) in [5.41, 5.74) is 0.609. The van der Waals surface area contributed by atoms with Crippen LogP contribution < -0.4 is 5.32 Å². The van der Waals surface area contributed by atoms with Crippen LogP contribution in [0.15, 0.2) is 35.6 Å². The van der Waals surface area contributed by atoms with Gasteiger partial charge >= 0.3 is 0 Å². The molecule has 0 radical (unpaired) electrons. The van der Waals surface area contributed by atoms with Crippen LogP contribution in [0.3, 0.4) is 0 Å². The molecule has 0 fully saturated rings. The van der Waals surface area contributed by atoms with Crippen molar-refractivity contribution in [1.82, 2.24) is 10.2 Å². The summed E-state index contributed by atoms with van der Waals surface area (Å²) in [6.45, 7) is 2.67. The molecule has 0 bridgehead atoms. The molecule has 0 spiro atoms. The Kier molecular flexibility index (Phi) is 6.05. The number of benzene rings is 1. The van der Waals surface area contributed by atoms with E-state index in [1.807, 2.05) is 0 Å². The van der Waals surface area contributed by atoms with Crippen molar-refractivity contribution in [3.63, 3.8) is 0 Å². The molecular formula is C17H21FN2O4. The fourth-order valence-electron chi connectivity index (χ4n) is 2.81. The molecule has 1 aliphatic heterocycles. The fourth-order valence-corrected chi connectivity index (χ4v) is 2.81. The van der Waals surface area contributed by atoms with Gasteiger partial charge in [-0.1, -0.05) is 12.1 Å². The second-order valence-corrected chi connectivity index (χ2v) is 5.60. The smallest absolute Gasteiger partial charge is 0.290 e. The number of aliphatic hydroxyl groups excluding tert-OH is 2. The number of aliphatic hydroxyl groups is 2. The maximum Gasteiger partial charge on any atom is 0.290 e. The van der Waals surface area contributed by atoms with E-state index in [0.29, 0.717) is 31.6 Å². The first-order chi connectivity index (χ1) is 11.5. The molecule has 0 aliphatic carbocycles. The van der Waals surface area contributed by atoms with Gasteiger partial charge in [0.1, 0.15) is 5.82 Å². The third kappa shape index (κ3) is 3.80. The average Bonchev–Trinajstić information content (AvgIpc) is 2.80. The number of nitrogens with one attached hydrogen (secondary N) is 1. The van der Waals surface area contributed by atoms with Gasteiger partial charge in [0.2, 0.25) is 0 Å². The number of ketones is 1. The lowest BCUT2D eigenvalue weighted by Gasteiger charge is -2.26. The molecule has 1 aromatic rings. The number of amides is 1. The van der Waals surface area contributed by atoms with Crippen LogP contribution in [0.5, 0.6) is 0 Å². The monoisotopic (exact) mass is 336 g/mol. The van der Waals surface area contributed by atoms with Crippen molar-refractivity contribution in [2.24, 2.45) is 0 Å². The number of Topliss-reactive ketones (excluding diaryl/α,β-unsaturated/α-hetero) is 1. The first-order valence-corrected chi connectivity index (χ1v) is 7.79. The number of halogens is 1. The van der Waals surface area contributed by atoms with Gasteiger partial charge in [0, 0.05) is 13.1 Å². The van der Waals surface area contributed by atoms with Crippen LogP contribution in [0, 0.1) is 5.82 Å². The molecule has 0 aromatic heterocycles. The van der Waals surface area contributed by atoms with Crippen LogP contribution in [0.25, 0.3) is 0 Å². The van der Waals surface area contributed by atoms with E-state index in [1.54, 1.807) is 0 Å². The Balaban J connectivity index is 2.23. The van der Waals surface area contributed by atoms with Gasteiger partial charge in [0.25, 0.3) is 5.91 Å². The van der Waals surface area contributed by atoms with Crippen molar-refractivity contribution in [3.8, 4) is 0 Å². The average molecular weight is 336 g/mol. The van der Waals surface area contributed by atoms with Crippen molar-refractivity contribution in [2.75, 3.05) is 26.2 Å². The lowest BCUT2D eigenvalue weighted by molar-refractivity contribution is -0.129. The van der Waals surface area contributed by atoms with Crippen LogP contribution in [0.2, 0.25) is 0 Å². The van der Waals surface area contributed by atoms with Gasteiger partial charge in [0.15, 0.2) is 11.5 Å². The van der Waals surface area contributed by atoms with Crippen molar-refractivity contribution >= 4 is 11.7 Å². The van der Waals surface area contributed by atoms with Gasteiger partial charge in [-0.25, -0.2) is 4.39 Å². The van der Waals surface area contributed by atoms with Gasteiger partial charge in [-0.3, -0.25) is 9.59 Å². The van der Waals surface area contributed by atoms with Gasteiger partial charge < -0.3 is 20.4 Å². The Morgan fingerprint density at radius 1 is 1.29 bits per heavy atom. The minimum absolute atomic E-state index is 0.0255. The molecule has 1 aromatic carbocycles. The maximum atomic E-state index is 13.2. The minimum atomic E-state index is -0.714. The SMILES string of the molecule is CC(=O)C1=C(O)C(=O)N(CCCNCCO)[C@@H]1c1ccc(F)cc1. The summed E-state index contributed by atoms with van der Waals surface area (Å²) in [4.78, 5) is 25.6. The third-order valence-corrected chi connectivity index (χ3v) is 3.91. The molecule has 1 heterocycles. The topological polar surface area (TPSA) is 89.9 Å².